The SMILES string of the molecule is COCCOCOc1c2n(ccc1=O)NCN([C@H](C)C(F)(F)F)C2=O. The van der Waals surface area contributed by atoms with Gasteiger partial charge in [-0.15, -0.1) is 0 Å². The molecule has 2 rings (SSSR count). The molecule has 11 heteroatoms. The van der Waals surface area contributed by atoms with Crippen LogP contribution in [-0.2, 0) is 9.47 Å². The Morgan fingerprint density at radius 3 is 2.68 bits per heavy atom. The Hall–Kier alpha value is -2.27. The Morgan fingerprint density at radius 2 is 2.04 bits per heavy atom. The number of nitrogens with zero attached hydrogens (tertiary/aromatic N) is 2. The van der Waals surface area contributed by atoms with Crippen molar-refractivity contribution in [3.05, 3.63) is 28.2 Å². The first-order chi connectivity index (χ1) is 11.8. The van der Waals surface area contributed by atoms with Gasteiger partial charge in [-0.2, -0.15) is 13.2 Å². The number of aromatic nitrogens is 1. The van der Waals surface area contributed by atoms with Crippen molar-refractivity contribution in [2.45, 2.75) is 19.1 Å². The van der Waals surface area contributed by atoms with E-state index in [1.54, 1.807) is 0 Å². The van der Waals surface area contributed by atoms with E-state index in [1.165, 1.54) is 13.3 Å². The zero-order valence-corrected chi connectivity index (χ0v) is 13.6. The molecule has 8 nitrogen and oxygen atoms in total. The van der Waals surface area contributed by atoms with E-state index in [0.717, 1.165) is 17.7 Å². The lowest BCUT2D eigenvalue weighted by atomic mass is 10.2. The highest BCUT2D eigenvalue weighted by Crippen LogP contribution is 2.28. The van der Waals surface area contributed by atoms with E-state index >= 15 is 0 Å². The molecule has 0 saturated heterocycles. The van der Waals surface area contributed by atoms with Crippen molar-refractivity contribution < 1.29 is 32.2 Å². The number of fused-ring (bicyclic) bond motifs is 1. The third-order valence-corrected chi connectivity index (χ3v) is 3.59. The van der Waals surface area contributed by atoms with E-state index in [9.17, 15) is 22.8 Å². The van der Waals surface area contributed by atoms with E-state index in [4.69, 9.17) is 14.2 Å². The Labute approximate surface area is 141 Å². The molecule has 1 amide bonds. The van der Waals surface area contributed by atoms with Crippen LogP contribution in [0.1, 0.15) is 17.4 Å². The molecule has 1 N–H and O–H groups in total. The number of nitrogens with one attached hydrogen (secondary N) is 1. The zero-order valence-electron chi connectivity index (χ0n) is 13.6. The first-order valence-corrected chi connectivity index (χ1v) is 7.34. The fourth-order valence-corrected chi connectivity index (χ4v) is 2.14. The van der Waals surface area contributed by atoms with E-state index in [0.29, 0.717) is 11.5 Å². The number of methoxy groups -OCH3 is 1. The Kier molecular flexibility index (Phi) is 5.90. The Balaban J connectivity index is 2.24. The lowest BCUT2D eigenvalue weighted by molar-refractivity contribution is -0.172. The van der Waals surface area contributed by atoms with E-state index in [2.05, 4.69) is 5.43 Å². The highest BCUT2D eigenvalue weighted by atomic mass is 19.4. The van der Waals surface area contributed by atoms with Gasteiger partial charge in [-0.25, -0.2) is 0 Å². The van der Waals surface area contributed by atoms with Gasteiger partial charge in [0.2, 0.25) is 11.2 Å². The van der Waals surface area contributed by atoms with Crippen molar-refractivity contribution in [3.8, 4) is 5.75 Å². The molecule has 2 heterocycles. The van der Waals surface area contributed by atoms with E-state index < -0.39 is 23.6 Å². The predicted octanol–water partition coefficient (Wildman–Crippen LogP) is 0.755. The molecular formula is C14H18F3N3O5. The summed E-state index contributed by atoms with van der Waals surface area (Å²) in [6.07, 6.45) is -3.34. The molecule has 0 aromatic carbocycles. The molecule has 0 unspecified atom stereocenters. The average Bonchev–Trinajstić information content (AvgIpc) is 2.55. The minimum absolute atomic E-state index is 0.191. The minimum Gasteiger partial charge on any atom is -0.461 e. The van der Waals surface area contributed by atoms with E-state index in [-0.39, 0.29) is 31.5 Å². The predicted molar refractivity (Wildman–Crippen MR) is 79.9 cm³/mol. The standard InChI is InChI=1S/C14H18F3N3O5/c1-9(14(15,16)17)19-7-18-20-4-3-10(21)12(11(20)13(19)22)25-8-24-6-5-23-2/h3-4,9,18H,5-8H2,1-2H3/t9-/m1/s1. The maximum atomic E-state index is 12.9. The van der Waals surface area contributed by atoms with Crippen LogP contribution in [0.5, 0.6) is 5.75 Å². The summed E-state index contributed by atoms with van der Waals surface area (Å²) in [5.74, 6) is -1.34. The van der Waals surface area contributed by atoms with Crippen molar-refractivity contribution >= 4 is 5.91 Å². The molecule has 1 aliphatic rings. The van der Waals surface area contributed by atoms with Crippen LogP contribution in [0.3, 0.4) is 0 Å². The molecule has 0 fully saturated rings. The van der Waals surface area contributed by atoms with Gasteiger partial charge >= 0.3 is 6.18 Å². The van der Waals surface area contributed by atoms with Crippen LogP contribution in [0, 0.1) is 0 Å². The number of ether oxygens (including phenoxy) is 3. The molecule has 1 atom stereocenters. The molecule has 140 valence electrons. The number of carbonyl (C=O) groups excluding carboxylic acids is 1. The molecule has 0 radical (unpaired) electrons. The number of amides is 1. The van der Waals surface area contributed by atoms with Gasteiger partial charge < -0.3 is 24.5 Å². The maximum Gasteiger partial charge on any atom is 0.408 e. The molecule has 25 heavy (non-hydrogen) atoms. The Morgan fingerprint density at radius 1 is 1.32 bits per heavy atom. The van der Waals surface area contributed by atoms with Crippen molar-refractivity contribution in [3.63, 3.8) is 0 Å². The smallest absolute Gasteiger partial charge is 0.408 e. The van der Waals surface area contributed by atoms with Crippen LogP contribution >= 0.6 is 0 Å². The van der Waals surface area contributed by atoms with E-state index in [1.807, 2.05) is 0 Å². The number of hydrogen-bond acceptors (Lipinski definition) is 6. The van der Waals surface area contributed by atoms with Gasteiger partial charge in [-0.1, -0.05) is 0 Å². The van der Waals surface area contributed by atoms with Crippen molar-refractivity contribution in [1.29, 1.82) is 0 Å². The molecular weight excluding hydrogens is 347 g/mol. The van der Waals surface area contributed by atoms with Crippen LogP contribution in [0.2, 0.25) is 0 Å². The monoisotopic (exact) mass is 365 g/mol. The highest BCUT2D eigenvalue weighted by Gasteiger charge is 2.44. The second-order valence-electron chi connectivity index (χ2n) is 5.20. The summed E-state index contributed by atoms with van der Waals surface area (Å²) in [4.78, 5) is 25.1. The minimum atomic E-state index is -4.60. The lowest BCUT2D eigenvalue weighted by Crippen LogP contribution is -2.54. The summed E-state index contributed by atoms with van der Waals surface area (Å²) in [5.41, 5.74) is 1.66. The summed E-state index contributed by atoms with van der Waals surface area (Å²) in [6, 6.07) is -0.890. The molecule has 0 aliphatic carbocycles. The van der Waals surface area contributed by atoms with Gasteiger partial charge in [0.05, 0.1) is 13.2 Å². The average molecular weight is 365 g/mol. The molecule has 0 saturated carbocycles. The number of pyridine rings is 1. The number of hydrogen-bond donors (Lipinski definition) is 1. The van der Waals surface area contributed by atoms with Crippen LogP contribution in [0.4, 0.5) is 13.2 Å². The second-order valence-corrected chi connectivity index (χ2v) is 5.20. The summed E-state index contributed by atoms with van der Waals surface area (Å²) in [6.45, 7) is 0.643. The fraction of sp³-hybridized carbons (Fsp3) is 0.571. The van der Waals surface area contributed by atoms with Gasteiger partial charge in [0.15, 0.2) is 12.5 Å². The first-order valence-electron chi connectivity index (χ1n) is 7.34. The third-order valence-electron chi connectivity index (χ3n) is 3.59. The van der Waals surface area contributed by atoms with Crippen LogP contribution in [0.25, 0.3) is 0 Å². The van der Waals surface area contributed by atoms with Crippen molar-refractivity contribution in [2.24, 2.45) is 0 Å². The Bertz CT molecular complexity index is 677. The molecule has 0 bridgehead atoms. The molecule has 1 aromatic heterocycles. The highest BCUT2D eigenvalue weighted by molar-refractivity contribution is 5.96. The molecule has 1 aliphatic heterocycles. The topological polar surface area (TPSA) is 82.0 Å². The molecule has 0 spiro atoms. The lowest BCUT2D eigenvalue weighted by Gasteiger charge is -2.36. The largest absolute Gasteiger partial charge is 0.461 e. The molecule has 1 aromatic rings. The zero-order chi connectivity index (χ0) is 18.6. The summed E-state index contributed by atoms with van der Waals surface area (Å²) in [7, 11) is 1.48. The quantitative estimate of drug-likeness (QED) is 0.567. The van der Waals surface area contributed by atoms with Crippen LogP contribution in [0.15, 0.2) is 17.1 Å². The maximum absolute atomic E-state index is 12.9. The second kappa shape index (κ2) is 7.74. The summed E-state index contributed by atoms with van der Waals surface area (Å²) in [5, 5.41) is 0. The number of carbonyl (C=O) groups is 1. The van der Waals surface area contributed by atoms with Crippen LogP contribution < -0.4 is 15.6 Å². The first kappa shape index (κ1) is 19.1. The van der Waals surface area contributed by atoms with Gasteiger partial charge in [-0.05, 0) is 6.92 Å². The summed E-state index contributed by atoms with van der Waals surface area (Å²) >= 11 is 0. The van der Waals surface area contributed by atoms with Crippen molar-refractivity contribution in [1.82, 2.24) is 9.58 Å². The van der Waals surface area contributed by atoms with Gasteiger partial charge in [0.1, 0.15) is 12.7 Å². The fourth-order valence-electron chi connectivity index (χ4n) is 2.14. The number of halogens is 3. The van der Waals surface area contributed by atoms with Gasteiger partial charge in [-0.3, -0.25) is 14.3 Å². The van der Waals surface area contributed by atoms with Crippen LogP contribution in [-0.4, -0.2) is 61.5 Å². The third kappa shape index (κ3) is 4.23. The van der Waals surface area contributed by atoms with Gasteiger partial charge in [0.25, 0.3) is 5.91 Å². The summed E-state index contributed by atoms with van der Waals surface area (Å²) < 4.78 is 55.0. The van der Waals surface area contributed by atoms with Crippen molar-refractivity contribution in [2.75, 3.05) is 39.2 Å². The van der Waals surface area contributed by atoms with Gasteiger partial charge in [0, 0.05) is 19.4 Å². The number of rotatable bonds is 7. The number of alkyl halides is 3. The normalized spacial score (nSPS) is 15.6.